The van der Waals surface area contributed by atoms with Crippen molar-refractivity contribution >= 4 is 17.7 Å². The van der Waals surface area contributed by atoms with Gasteiger partial charge >= 0.3 is 6.09 Å². The minimum Gasteiger partial charge on any atom is -0.444 e. The van der Waals surface area contributed by atoms with E-state index in [4.69, 9.17) is 16.3 Å². The van der Waals surface area contributed by atoms with E-state index in [1.165, 1.54) is 0 Å². The highest BCUT2D eigenvalue weighted by Crippen LogP contribution is 2.32. The average Bonchev–Trinajstić information content (AvgIpc) is 2.38. The third-order valence-corrected chi connectivity index (χ3v) is 3.49. The predicted molar refractivity (Wildman–Crippen MR) is 78.8 cm³/mol. The summed E-state index contributed by atoms with van der Waals surface area (Å²) in [5, 5.41) is 0.466. The molecule has 1 unspecified atom stereocenters. The number of carbonyl (C=O) groups excluding carboxylic acids is 1. The molecule has 0 bridgehead atoms. The van der Waals surface area contributed by atoms with Gasteiger partial charge in [0.25, 0.3) is 0 Å². The van der Waals surface area contributed by atoms with Gasteiger partial charge in [0.2, 0.25) is 0 Å². The molecule has 110 valence electrons. The standard InChI is InChI=1S/C15H21ClN2O2/c1-15(2,3)20-14(19)18-9-5-4-6-12(18)11-7-8-13(16)17-10-11/h7-8,10,12H,4-6,9H2,1-3H3. The monoisotopic (exact) mass is 296 g/mol. The van der Waals surface area contributed by atoms with Crippen molar-refractivity contribution in [2.75, 3.05) is 6.54 Å². The Morgan fingerprint density at radius 2 is 2.15 bits per heavy atom. The molecule has 0 saturated carbocycles. The maximum atomic E-state index is 12.3. The van der Waals surface area contributed by atoms with E-state index in [-0.39, 0.29) is 12.1 Å². The second kappa shape index (κ2) is 6.00. The van der Waals surface area contributed by atoms with Crippen LogP contribution in [0.1, 0.15) is 51.6 Å². The predicted octanol–water partition coefficient (Wildman–Crippen LogP) is 4.20. The molecule has 1 saturated heterocycles. The lowest BCUT2D eigenvalue weighted by Crippen LogP contribution is -2.41. The molecule has 1 aromatic heterocycles. The quantitative estimate of drug-likeness (QED) is 0.730. The van der Waals surface area contributed by atoms with Crippen molar-refractivity contribution in [2.45, 2.75) is 51.7 Å². The minimum atomic E-state index is -0.475. The third-order valence-electron chi connectivity index (χ3n) is 3.27. The van der Waals surface area contributed by atoms with Crippen LogP contribution in [0.25, 0.3) is 0 Å². The fraction of sp³-hybridized carbons (Fsp3) is 0.600. The number of pyridine rings is 1. The summed E-state index contributed by atoms with van der Waals surface area (Å²) in [6, 6.07) is 3.73. The number of halogens is 1. The summed E-state index contributed by atoms with van der Waals surface area (Å²) in [6.45, 7) is 6.37. The van der Waals surface area contributed by atoms with Crippen molar-refractivity contribution < 1.29 is 9.53 Å². The molecule has 1 aliphatic rings. The highest BCUT2D eigenvalue weighted by molar-refractivity contribution is 6.29. The highest BCUT2D eigenvalue weighted by atomic mass is 35.5. The first kappa shape index (κ1) is 15.1. The SMILES string of the molecule is CC(C)(C)OC(=O)N1CCCCC1c1ccc(Cl)nc1. The summed E-state index contributed by atoms with van der Waals surface area (Å²) in [7, 11) is 0. The Labute approximate surface area is 125 Å². The van der Waals surface area contributed by atoms with E-state index < -0.39 is 5.60 Å². The molecule has 2 heterocycles. The molecular weight excluding hydrogens is 276 g/mol. The van der Waals surface area contributed by atoms with Crippen molar-refractivity contribution in [3.8, 4) is 0 Å². The van der Waals surface area contributed by atoms with Crippen molar-refractivity contribution in [3.05, 3.63) is 29.0 Å². The van der Waals surface area contributed by atoms with Gasteiger partial charge in [-0.05, 0) is 51.7 Å². The number of hydrogen-bond acceptors (Lipinski definition) is 3. The number of piperidine rings is 1. The van der Waals surface area contributed by atoms with Crippen LogP contribution in [0.2, 0.25) is 5.15 Å². The van der Waals surface area contributed by atoms with Crippen LogP contribution in [-0.4, -0.2) is 28.1 Å². The van der Waals surface area contributed by atoms with Crippen molar-refractivity contribution in [2.24, 2.45) is 0 Å². The molecule has 0 aliphatic carbocycles. The Kier molecular flexibility index (Phi) is 4.53. The Hall–Kier alpha value is -1.29. The molecule has 1 atom stereocenters. The van der Waals surface area contributed by atoms with Gasteiger partial charge in [-0.15, -0.1) is 0 Å². The molecule has 2 rings (SSSR count). The van der Waals surface area contributed by atoms with E-state index in [1.807, 2.05) is 26.8 Å². The van der Waals surface area contributed by atoms with E-state index in [0.29, 0.717) is 5.15 Å². The van der Waals surface area contributed by atoms with Gasteiger partial charge in [-0.25, -0.2) is 9.78 Å². The maximum Gasteiger partial charge on any atom is 0.410 e. The van der Waals surface area contributed by atoms with Crippen LogP contribution in [0.4, 0.5) is 4.79 Å². The summed E-state index contributed by atoms with van der Waals surface area (Å²) < 4.78 is 5.49. The van der Waals surface area contributed by atoms with E-state index >= 15 is 0 Å². The maximum absolute atomic E-state index is 12.3. The summed E-state index contributed by atoms with van der Waals surface area (Å²) in [5.41, 5.74) is 0.539. The van der Waals surface area contributed by atoms with Gasteiger partial charge in [-0.2, -0.15) is 0 Å². The Morgan fingerprint density at radius 3 is 2.75 bits per heavy atom. The van der Waals surface area contributed by atoms with Gasteiger partial charge in [0.15, 0.2) is 0 Å². The van der Waals surface area contributed by atoms with Crippen LogP contribution in [0.3, 0.4) is 0 Å². The third kappa shape index (κ3) is 3.85. The lowest BCUT2D eigenvalue weighted by molar-refractivity contribution is 0.00948. The number of nitrogens with zero attached hydrogens (tertiary/aromatic N) is 2. The minimum absolute atomic E-state index is 0.0309. The van der Waals surface area contributed by atoms with Crippen molar-refractivity contribution in [3.63, 3.8) is 0 Å². The van der Waals surface area contributed by atoms with Crippen LogP contribution < -0.4 is 0 Å². The van der Waals surface area contributed by atoms with Crippen LogP contribution in [0, 0.1) is 0 Å². The number of ether oxygens (including phenoxy) is 1. The largest absolute Gasteiger partial charge is 0.444 e. The first-order valence-corrected chi connectivity index (χ1v) is 7.36. The number of rotatable bonds is 1. The number of carbonyl (C=O) groups is 1. The van der Waals surface area contributed by atoms with Crippen LogP contribution in [0.15, 0.2) is 18.3 Å². The smallest absolute Gasteiger partial charge is 0.410 e. The molecule has 0 radical (unpaired) electrons. The van der Waals surface area contributed by atoms with E-state index in [9.17, 15) is 4.79 Å². The molecule has 0 N–H and O–H groups in total. The molecule has 0 spiro atoms. The lowest BCUT2D eigenvalue weighted by atomic mass is 9.97. The zero-order valence-corrected chi connectivity index (χ0v) is 13.0. The zero-order valence-electron chi connectivity index (χ0n) is 12.2. The summed E-state index contributed by atoms with van der Waals surface area (Å²) in [4.78, 5) is 18.2. The Morgan fingerprint density at radius 1 is 1.40 bits per heavy atom. The highest BCUT2D eigenvalue weighted by Gasteiger charge is 2.31. The lowest BCUT2D eigenvalue weighted by Gasteiger charge is -2.36. The fourth-order valence-electron chi connectivity index (χ4n) is 2.40. The summed E-state index contributed by atoms with van der Waals surface area (Å²) >= 11 is 5.82. The number of amides is 1. The topological polar surface area (TPSA) is 42.4 Å². The van der Waals surface area contributed by atoms with Gasteiger partial charge in [-0.3, -0.25) is 0 Å². The van der Waals surface area contributed by atoms with Gasteiger partial charge in [-0.1, -0.05) is 17.7 Å². The van der Waals surface area contributed by atoms with E-state index in [0.717, 1.165) is 31.4 Å². The molecule has 1 fully saturated rings. The second-order valence-electron chi connectivity index (χ2n) is 6.10. The first-order chi connectivity index (χ1) is 9.37. The fourth-order valence-corrected chi connectivity index (χ4v) is 2.51. The Bertz CT molecular complexity index is 468. The molecule has 5 heteroatoms. The molecule has 1 amide bonds. The molecule has 1 aliphatic heterocycles. The second-order valence-corrected chi connectivity index (χ2v) is 6.49. The van der Waals surface area contributed by atoms with Gasteiger partial charge < -0.3 is 9.64 Å². The van der Waals surface area contributed by atoms with Crippen molar-refractivity contribution in [1.82, 2.24) is 9.88 Å². The molecule has 0 aromatic carbocycles. The molecular formula is C15H21ClN2O2. The van der Waals surface area contributed by atoms with Crippen LogP contribution >= 0.6 is 11.6 Å². The molecule has 20 heavy (non-hydrogen) atoms. The number of aromatic nitrogens is 1. The number of likely N-dealkylation sites (tertiary alicyclic amines) is 1. The van der Waals surface area contributed by atoms with E-state index in [1.54, 1.807) is 17.2 Å². The number of hydrogen-bond donors (Lipinski definition) is 0. The zero-order chi connectivity index (χ0) is 14.8. The summed E-state index contributed by atoms with van der Waals surface area (Å²) in [5.74, 6) is 0. The van der Waals surface area contributed by atoms with Crippen LogP contribution in [0.5, 0.6) is 0 Å². The van der Waals surface area contributed by atoms with Gasteiger partial charge in [0.05, 0.1) is 6.04 Å². The van der Waals surface area contributed by atoms with Crippen LogP contribution in [-0.2, 0) is 4.74 Å². The van der Waals surface area contributed by atoms with Gasteiger partial charge in [0, 0.05) is 12.7 Å². The van der Waals surface area contributed by atoms with Crippen molar-refractivity contribution in [1.29, 1.82) is 0 Å². The molecule has 1 aromatic rings. The summed E-state index contributed by atoms with van der Waals surface area (Å²) in [6.07, 6.45) is 4.54. The van der Waals surface area contributed by atoms with Gasteiger partial charge in [0.1, 0.15) is 10.8 Å². The normalized spacial score (nSPS) is 19.8. The van der Waals surface area contributed by atoms with E-state index in [2.05, 4.69) is 4.98 Å². The molecule has 4 nitrogen and oxygen atoms in total. The Balaban J connectivity index is 2.16. The average molecular weight is 297 g/mol. The first-order valence-electron chi connectivity index (χ1n) is 6.98.